The van der Waals surface area contributed by atoms with Crippen LogP contribution in [-0.2, 0) is 0 Å². The van der Waals surface area contributed by atoms with Gasteiger partial charge in [-0.3, -0.25) is 4.90 Å². The second kappa shape index (κ2) is 2.47. The van der Waals surface area contributed by atoms with Gasteiger partial charge in [-0.05, 0) is 45.1 Å². The van der Waals surface area contributed by atoms with E-state index >= 15 is 0 Å². The Morgan fingerprint density at radius 2 is 1.92 bits per heavy atom. The Morgan fingerprint density at radius 1 is 1.25 bits per heavy atom. The summed E-state index contributed by atoms with van der Waals surface area (Å²) in [5, 5.41) is 0. The summed E-state index contributed by atoms with van der Waals surface area (Å²) in [7, 11) is 0. The highest BCUT2D eigenvalue weighted by Crippen LogP contribution is 2.60. The SMILES string of the molecule is CC(C)N1CC[C@H]2CC21C(C)C. The molecule has 0 aromatic rings. The number of rotatable bonds is 2. The highest BCUT2D eigenvalue weighted by molar-refractivity contribution is 5.17. The molecule has 1 aliphatic heterocycles. The molecule has 2 atom stereocenters. The first-order valence-corrected chi connectivity index (χ1v) is 5.35. The normalized spacial score (nSPS) is 41.0. The van der Waals surface area contributed by atoms with Crippen LogP contribution in [-0.4, -0.2) is 23.0 Å². The van der Waals surface area contributed by atoms with Gasteiger partial charge in [0.1, 0.15) is 0 Å². The minimum Gasteiger partial charge on any atom is -0.295 e. The van der Waals surface area contributed by atoms with Gasteiger partial charge in [0, 0.05) is 11.6 Å². The molecule has 0 aromatic heterocycles. The van der Waals surface area contributed by atoms with E-state index in [-0.39, 0.29) is 0 Å². The molecule has 1 nitrogen and oxygen atoms in total. The maximum absolute atomic E-state index is 2.74. The molecule has 2 rings (SSSR count). The quantitative estimate of drug-likeness (QED) is 0.611. The first-order valence-electron chi connectivity index (χ1n) is 5.35. The van der Waals surface area contributed by atoms with Gasteiger partial charge in [0.2, 0.25) is 0 Å². The summed E-state index contributed by atoms with van der Waals surface area (Å²) in [6.45, 7) is 10.8. The molecule has 2 aliphatic rings. The van der Waals surface area contributed by atoms with Gasteiger partial charge < -0.3 is 0 Å². The third-order valence-electron chi connectivity index (χ3n) is 4.00. The van der Waals surface area contributed by atoms with E-state index in [0.29, 0.717) is 5.54 Å². The number of piperidine rings is 1. The Labute approximate surface area is 76.1 Å². The molecule has 1 unspecified atom stereocenters. The summed E-state index contributed by atoms with van der Waals surface area (Å²) in [5.41, 5.74) is 0.633. The summed E-state index contributed by atoms with van der Waals surface area (Å²) in [6, 6.07) is 0.750. The van der Waals surface area contributed by atoms with E-state index in [1.807, 2.05) is 0 Å². The molecule has 0 amide bonds. The molecule has 0 bridgehead atoms. The van der Waals surface area contributed by atoms with E-state index in [0.717, 1.165) is 17.9 Å². The number of hydrogen-bond acceptors (Lipinski definition) is 1. The topological polar surface area (TPSA) is 3.24 Å². The van der Waals surface area contributed by atoms with E-state index in [9.17, 15) is 0 Å². The molecule has 1 saturated heterocycles. The lowest BCUT2D eigenvalue weighted by Gasteiger charge is -2.34. The van der Waals surface area contributed by atoms with Crippen LogP contribution in [0, 0.1) is 11.8 Å². The third-order valence-corrected chi connectivity index (χ3v) is 4.00. The zero-order valence-corrected chi connectivity index (χ0v) is 8.80. The largest absolute Gasteiger partial charge is 0.295 e. The molecule has 0 radical (unpaired) electrons. The van der Waals surface area contributed by atoms with Crippen molar-refractivity contribution in [2.24, 2.45) is 11.8 Å². The summed E-state index contributed by atoms with van der Waals surface area (Å²) in [6.07, 6.45) is 2.93. The first kappa shape index (κ1) is 8.55. The molecule has 0 aromatic carbocycles. The number of nitrogens with zero attached hydrogens (tertiary/aromatic N) is 1. The predicted octanol–water partition coefficient (Wildman–Crippen LogP) is 2.52. The van der Waals surface area contributed by atoms with Gasteiger partial charge in [-0.25, -0.2) is 0 Å². The number of likely N-dealkylation sites (tertiary alicyclic amines) is 1. The zero-order valence-electron chi connectivity index (χ0n) is 8.80. The van der Waals surface area contributed by atoms with Gasteiger partial charge in [-0.1, -0.05) is 13.8 Å². The average molecular weight is 167 g/mol. The standard InChI is InChI=1S/C11H21N/c1-8(2)11-7-10(11)5-6-12(11)9(3)4/h8-10H,5-7H2,1-4H3/t10-,11?/m0/s1. The summed E-state index contributed by atoms with van der Waals surface area (Å²) >= 11 is 0. The Morgan fingerprint density at radius 3 is 2.25 bits per heavy atom. The molecule has 0 N–H and O–H groups in total. The van der Waals surface area contributed by atoms with Crippen molar-refractivity contribution in [1.29, 1.82) is 0 Å². The lowest BCUT2D eigenvalue weighted by molar-refractivity contribution is 0.125. The fourth-order valence-electron chi connectivity index (χ4n) is 3.32. The van der Waals surface area contributed by atoms with Crippen molar-refractivity contribution in [3.8, 4) is 0 Å². The molecule has 1 heterocycles. The summed E-state index contributed by atoms with van der Waals surface area (Å²) in [4.78, 5) is 2.74. The second-order valence-electron chi connectivity index (χ2n) is 5.12. The van der Waals surface area contributed by atoms with Crippen LogP contribution in [0.5, 0.6) is 0 Å². The minimum absolute atomic E-state index is 0.633. The minimum atomic E-state index is 0.633. The molecule has 1 saturated carbocycles. The van der Waals surface area contributed by atoms with E-state index in [4.69, 9.17) is 0 Å². The van der Waals surface area contributed by atoms with E-state index in [1.165, 1.54) is 19.4 Å². The van der Waals surface area contributed by atoms with Gasteiger partial charge in [0.25, 0.3) is 0 Å². The molecule has 0 spiro atoms. The van der Waals surface area contributed by atoms with Crippen molar-refractivity contribution >= 4 is 0 Å². The van der Waals surface area contributed by atoms with Crippen LogP contribution >= 0.6 is 0 Å². The Kier molecular flexibility index (Phi) is 1.76. The summed E-state index contributed by atoms with van der Waals surface area (Å²) < 4.78 is 0. The van der Waals surface area contributed by atoms with Crippen molar-refractivity contribution in [2.75, 3.05) is 6.54 Å². The fraction of sp³-hybridized carbons (Fsp3) is 1.00. The van der Waals surface area contributed by atoms with Crippen LogP contribution in [0.3, 0.4) is 0 Å². The van der Waals surface area contributed by atoms with E-state index in [1.54, 1.807) is 0 Å². The summed E-state index contributed by atoms with van der Waals surface area (Å²) in [5.74, 6) is 1.90. The Hall–Kier alpha value is -0.0400. The van der Waals surface area contributed by atoms with Gasteiger partial charge in [-0.15, -0.1) is 0 Å². The maximum Gasteiger partial charge on any atom is 0.0267 e. The van der Waals surface area contributed by atoms with E-state index < -0.39 is 0 Å². The molecule has 2 fully saturated rings. The molecule has 1 heteroatoms. The van der Waals surface area contributed by atoms with Crippen molar-refractivity contribution in [2.45, 2.75) is 52.1 Å². The van der Waals surface area contributed by atoms with E-state index in [2.05, 4.69) is 32.6 Å². The highest BCUT2D eigenvalue weighted by atomic mass is 15.3. The number of fused-ring (bicyclic) bond motifs is 1. The molecular formula is C11H21N. The lowest BCUT2D eigenvalue weighted by Crippen LogP contribution is -2.43. The van der Waals surface area contributed by atoms with Crippen molar-refractivity contribution in [3.05, 3.63) is 0 Å². The molecular weight excluding hydrogens is 146 g/mol. The van der Waals surface area contributed by atoms with Crippen molar-refractivity contribution < 1.29 is 0 Å². The van der Waals surface area contributed by atoms with Crippen LogP contribution in [0.2, 0.25) is 0 Å². The highest BCUT2D eigenvalue weighted by Gasteiger charge is 2.63. The predicted molar refractivity (Wildman–Crippen MR) is 52.1 cm³/mol. The maximum atomic E-state index is 2.74. The molecule has 70 valence electrons. The molecule has 1 aliphatic carbocycles. The van der Waals surface area contributed by atoms with Crippen LogP contribution in [0.4, 0.5) is 0 Å². The smallest absolute Gasteiger partial charge is 0.0267 e. The van der Waals surface area contributed by atoms with Gasteiger partial charge in [-0.2, -0.15) is 0 Å². The average Bonchev–Trinajstić information content (AvgIpc) is 2.58. The third kappa shape index (κ3) is 0.891. The lowest BCUT2D eigenvalue weighted by atomic mass is 9.98. The number of hydrogen-bond donors (Lipinski definition) is 0. The molecule has 12 heavy (non-hydrogen) atoms. The zero-order chi connectivity index (χ0) is 8.93. The second-order valence-corrected chi connectivity index (χ2v) is 5.12. The van der Waals surface area contributed by atoms with Gasteiger partial charge in [0.15, 0.2) is 0 Å². The fourth-order valence-corrected chi connectivity index (χ4v) is 3.32. The Balaban J connectivity index is 2.16. The van der Waals surface area contributed by atoms with Crippen molar-refractivity contribution in [3.63, 3.8) is 0 Å². The van der Waals surface area contributed by atoms with Crippen molar-refractivity contribution in [1.82, 2.24) is 4.90 Å². The van der Waals surface area contributed by atoms with Crippen LogP contribution in [0.25, 0.3) is 0 Å². The van der Waals surface area contributed by atoms with Crippen LogP contribution < -0.4 is 0 Å². The monoisotopic (exact) mass is 167 g/mol. The Bertz CT molecular complexity index is 181. The van der Waals surface area contributed by atoms with Gasteiger partial charge >= 0.3 is 0 Å². The first-order chi connectivity index (χ1) is 5.59. The van der Waals surface area contributed by atoms with Crippen LogP contribution in [0.15, 0.2) is 0 Å². The van der Waals surface area contributed by atoms with Crippen LogP contribution in [0.1, 0.15) is 40.5 Å². The van der Waals surface area contributed by atoms with Gasteiger partial charge in [0.05, 0.1) is 0 Å².